The van der Waals surface area contributed by atoms with Gasteiger partial charge in [0, 0.05) is 19.1 Å². The summed E-state index contributed by atoms with van der Waals surface area (Å²) in [6.07, 6.45) is -3.81. The van der Waals surface area contributed by atoms with Gasteiger partial charge in [0.25, 0.3) is 6.43 Å². The lowest BCUT2D eigenvalue weighted by atomic mass is 10.1. The van der Waals surface area contributed by atoms with E-state index < -0.39 is 12.7 Å². The van der Waals surface area contributed by atoms with Gasteiger partial charge in [0.05, 0.1) is 0 Å². The van der Waals surface area contributed by atoms with Crippen molar-refractivity contribution in [1.29, 1.82) is 0 Å². The van der Waals surface area contributed by atoms with Gasteiger partial charge in [-0.05, 0) is 12.8 Å². The van der Waals surface area contributed by atoms with Crippen LogP contribution < -0.4 is 5.73 Å². The quantitative estimate of drug-likeness (QED) is 0.645. The minimum atomic E-state index is -2.90. The molecule has 1 heterocycles. The van der Waals surface area contributed by atoms with Crippen molar-refractivity contribution in [3.05, 3.63) is 0 Å². The fraction of sp³-hybridized carbons (Fsp3) is 1.00. The van der Waals surface area contributed by atoms with Crippen LogP contribution in [0.25, 0.3) is 0 Å². The normalized spacial score (nSPS) is 24.8. The number of halogens is 3. The monoisotopic (exact) mass is 182 g/mol. The Morgan fingerprint density at radius 1 is 1.17 bits per heavy atom. The van der Waals surface area contributed by atoms with Crippen molar-refractivity contribution in [3.8, 4) is 0 Å². The molecular weight excluding hydrogens is 169 g/mol. The summed E-state index contributed by atoms with van der Waals surface area (Å²) in [7, 11) is 0. The lowest BCUT2D eigenvalue weighted by Gasteiger charge is -2.31. The molecule has 0 aliphatic carbocycles. The summed E-state index contributed by atoms with van der Waals surface area (Å²) in [5, 5.41) is 0. The topological polar surface area (TPSA) is 29.3 Å². The molecule has 0 saturated carbocycles. The maximum Gasteiger partial charge on any atom is 0.282 e. The van der Waals surface area contributed by atoms with Crippen molar-refractivity contribution in [3.63, 3.8) is 0 Å². The van der Waals surface area contributed by atoms with E-state index in [1.165, 1.54) is 0 Å². The molecule has 1 unspecified atom stereocenters. The van der Waals surface area contributed by atoms with E-state index in [0.29, 0.717) is 25.9 Å². The number of hydrogen-bond acceptors (Lipinski definition) is 2. The molecule has 1 fully saturated rings. The fourth-order valence-corrected chi connectivity index (χ4v) is 1.33. The molecule has 0 aromatic heterocycles. The van der Waals surface area contributed by atoms with Crippen LogP contribution >= 0.6 is 0 Å². The molecule has 1 aliphatic heterocycles. The third-order valence-electron chi connectivity index (χ3n) is 2.13. The van der Waals surface area contributed by atoms with Crippen LogP contribution in [0.3, 0.4) is 0 Å². The van der Waals surface area contributed by atoms with E-state index in [4.69, 9.17) is 5.73 Å². The third-order valence-corrected chi connectivity index (χ3v) is 2.13. The molecule has 0 spiro atoms. The largest absolute Gasteiger partial charge is 0.328 e. The maximum atomic E-state index is 12.7. The molecule has 0 radical (unpaired) electrons. The molecule has 2 nitrogen and oxygen atoms in total. The second-order valence-electron chi connectivity index (χ2n) is 3.08. The number of likely N-dealkylation sites (tertiary alicyclic amines) is 1. The van der Waals surface area contributed by atoms with Crippen LogP contribution in [0.5, 0.6) is 0 Å². The molecule has 0 aromatic rings. The van der Waals surface area contributed by atoms with E-state index in [1.54, 1.807) is 0 Å². The van der Waals surface area contributed by atoms with Crippen LogP contribution in [0, 0.1) is 0 Å². The number of alkyl halides is 3. The molecule has 72 valence electrons. The molecule has 12 heavy (non-hydrogen) atoms. The van der Waals surface area contributed by atoms with E-state index in [9.17, 15) is 13.2 Å². The molecule has 0 amide bonds. The first-order chi connectivity index (χ1) is 5.61. The third kappa shape index (κ3) is 2.35. The molecule has 1 atom stereocenters. The van der Waals surface area contributed by atoms with Gasteiger partial charge >= 0.3 is 0 Å². The van der Waals surface area contributed by atoms with E-state index in [-0.39, 0.29) is 6.04 Å². The highest BCUT2D eigenvalue weighted by Crippen LogP contribution is 2.16. The summed E-state index contributed by atoms with van der Waals surface area (Å²) < 4.78 is 36.4. The second kappa shape index (κ2) is 4.09. The van der Waals surface area contributed by atoms with E-state index in [2.05, 4.69) is 0 Å². The summed E-state index contributed by atoms with van der Waals surface area (Å²) in [6, 6.07) is 0.0473. The predicted octanol–water partition coefficient (Wildman–Crippen LogP) is 0.970. The van der Waals surface area contributed by atoms with Crippen LogP contribution in [0.1, 0.15) is 12.8 Å². The first kappa shape index (κ1) is 9.80. The van der Waals surface area contributed by atoms with Gasteiger partial charge in [-0.25, -0.2) is 13.2 Å². The number of piperidine rings is 1. The Balaban J connectivity index is 2.34. The van der Waals surface area contributed by atoms with Crippen LogP contribution in [-0.4, -0.2) is 36.8 Å². The Labute approximate surface area is 69.5 Å². The highest BCUT2D eigenvalue weighted by Gasteiger charge is 2.29. The lowest BCUT2D eigenvalue weighted by Crippen LogP contribution is -2.45. The smallest absolute Gasteiger partial charge is 0.282 e. The molecule has 1 rings (SSSR count). The van der Waals surface area contributed by atoms with Gasteiger partial charge < -0.3 is 5.73 Å². The molecule has 1 aliphatic rings. The first-order valence-electron chi connectivity index (χ1n) is 4.03. The lowest BCUT2D eigenvalue weighted by molar-refractivity contribution is -0.0571. The Bertz CT molecular complexity index is 135. The van der Waals surface area contributed by atoms with E-state index in [0.717, 1.165) is 4.90 Å². The van der Waals surface area contributed by atoms with Crippen molar-refractivity contribution in [1.82, 2.24) is 4.90 Å². The van der Waals surface area contributed by atoms with Crippen molar-refractivity contribution in [2.24, 2.45) is 5.73 Å². The number of nitrogens with two attached hydrogens (primary N) is 1. The van der Waals surface area contributed by atoms with Crippen molar-refractivity contribution < 1.29 is 13.2 Å². The molecule has 0 bridgehead atoms. The van der Waals surface area contributed by atoms with Gasteiger partial charge in [0.1, 0.15) is 0 Å². The van der Waals surface area contributed by atoms with Crippen molar-refractivity contribution in [2.45, 2.75) is 31.6 Å². The van der Waals surface area contributed by atoms with Gasteiger partial charge in [-0.3, -0.25) is 4.90 Å². The fourth-order valence-electron chi connectivity index (χ4n) is 1.33. The molecule has 2 N–H and O–H groups in total. The summed E-state index contributed by atoms with van der Waals surface area (Å²) >= 11 is 0. The molecule has 0 aromatic carbocycles. The summed E-state index contributed by atoms with van der Waals surface area (Å²) in [6.45, 7) is 0.680. The van der Waals surface area contributed by atoms with Gasteiger partial charge in [-0.2, -0.15) is 0 Å². The van der Waals surface area contributed by atoms with Crippen LogP contribution in [-0.2, 0) is 0 Å². The summed E-state index contributed by atoms with van der Waals surface area (Å²) in [5.74, 6) is 0. The SMILES string of the molecule is NC1CCN(C(F)C(F)F)CC1. The highest BCUT2D eigenvalue weighted by atomic mass is 19.3. The zero-order valence-corrected chi connectivity index (χ0v) is 6.72. The van der Waals surface area contributed by atoms with Gasteiger partial charge in [-0.1, -0.05) is 0 Å². The molecule has 1 saturated heterocycles. The summed E-state index contributed by atoms with van der Waals surface area (Å²) in [4.78, 5) is 1.15. The Morgan fingerprint density at radius 2 is 1.67 bits per heavy atom. The Kier molecular flexibility index (Phi) is 3.34. The molecular formula is C7H13F3N2. The number of hydrogen-bond donors (Lipinski definition) is 1. The zero-order valence-electron chi connectivity index (χ0n) is 6.72. The Morgan fingerprint density at radius 3 is 2.08 bits per heavy atom. The van der Waals surface area contributed by atoms with Crippen molar-refractivity contribution in [2.75, 3.05) is 13.1 Å². The van der Waals surface area contributed by atoms with E-state index >= 15 is 0 Å². The van der Waals surface area contributed by atoms with Crippen LogP contribution in [0.2, 0.25) is 0 Å². The van der Waals surface area contributed by atoms with Gasteiger partial charge in [0.15, 0.2) is 0 Å². The average molecular weight is 182 g/mol. The van der Waals surface area contributed by atoms with Gasteiger partial charge in [-0.15, -0.1) is 0 Å². The average Bonchev–Trinajstić information content (AvgIpc) is 2.04. The zero-order chi connectivity index (χ0) is 9.14. The van der Waals surface area contributed by atoms with E-state index in [1.807, 2.05) is 0 Å². The predicted molar refractivity (Wildman–Crippen MR) is 39.7 cm³/mol. The first-order valence-corrected chi connectivity index (χ1v) is 4.03. The Hall–Kier alpha value is -0.290. The number of nitrogens with zero attached hydrogens (tertiary/aromatic N) is 1. The minimum absolute atomic E-state index is 0.0473. The highest BCUT2D eigenvalue weighted by molar-refractivity contribution is 4.76. The summed E-state index contributed by atoms with van der Waals surface area (Å²) in [5.41, 5.74) is 5.54. The second-order valence-corrected chi connectivity index (χ2v) is 3.08. The minimum Gasteiger partial charge on any atom is -0.328 e. The van der Waals surface area contributed by atoms with Crippen LogP contribution in [0.4, 0.5) is 13.2 Å². The van der Waals surface area contributed by atoms with Crippen LogP contribution in [0.15, 0.2) is 0 Å². The maximum absolute atomic E-state index is 12.7. The number of rotatable bonds is 2. The van der Waals surface area contributed by atoms with Gasteiger partial charge in [0.2, 0.25) is 6.30 Å². The standard InChI is InChI=1S/C7H13F3N2/c8-6(9)7(10)12-3-1-5(11)2-4-12/h5-7H,1-4,11H2. The molecule has 5 heteroatoms. The van der Waals surface area contributed by atoms with Crippen molar-refractivity contribution >= 4 is 0 Å².